The van der Waals surface area contributed by atoms with Crippen LogP contribution in [0.3, 0.4) is 0 Å². The summed E-state index contributed by atoms with van der Waals surface area (Å²) < 4.78 is 37.8. The maximum absolute atomic E-state index is 12.6. The number of fused-ring (bicyclic) bond motifs is 1. The molecule has 0 aliphatic carbocycles. The molecular formula is C13H7F3N4O. The Morgan fingerprint density at radius 1 is 1.05 bits per heavy atom. The standard InChI is InChI=1S/C13H7F3N4O/c14-13(15,16)10-5-8-9(6-18-10)19-11(20-12(8)21)7-1-3-17-4-2-7/h1-6H,(H,19,20,21). The zero-order chi connectivity index (χ0) is 15.0. The molecule has 0 aliphatic rings. The summed E-state index contributed by atoms with van der Waals surface area (Å²) in [6.07, 6.45) is -0.593. The zero-order valence-corrected chi connectivity index (χ0v) is 10.3. The second-order valence-electron chi connectivity index (χ2n) is 4.19. The molecule has 3 aromatic heterocycles. The number of aromatic nitrogens is 4. The average Bonchev–Trinajstić information content (AvgIpc) is 2.47. The third kappa shape index (κ3) is 2.47. The highest BCUT2D eigenvalue weighted by Gasteiger charge is 2.33. The van der Waals surface area contributed by atoms with Crippen LogP contribution in [0.15, 0.2) is 36.8 Å². The smallest absolute Gasteiger partial charge is 0.433 e. The van der Waals surface area contributed by atoms with Gasteiger partial charge in [0.1, 0.15) is 5.69 Å². The fraction of sp³-hybridized carbons (Fsp3) is 0.0769. The van der Waals surface area contributed by atoms with E-state index in [2.05, 4.69) is 19.9 Å². The number of alkyl halides is 3. The Kier molecular flexibility index (Phi) is 2.93. The van der Waals surface area contributed by atoms with Crippen LogP contribution in [0.5, 0.6) is 5.88 Å². The maximum Gasteiger partial charge on any atom is 0.433 e. The predicted molar refractivity (Wildman–Crippen MR) is 67.2 cm³/mol. The summed E-state index contributed by atoms with van der Waals surface area (Å²) in [5.74, 6) is -0.344. The first-order valence-corrected chi connectivity index (χ1v) is 5.79. The molecule has 21 heavy (non-hydrogen) atoms. The van der Waals surface area contributed by atoms with Gasteiger partial charge >= 0.3 is 6.18 Å². The van der Waals surface area contributed by atoms with E-state index in [1.165, 1.54) is 12.4 Å². The van der Waals surface area contributed by atoms with Crippen molar-refractivity contribution < 1.29 is 18.3 Å². The summed E-state index contributed by atoms with van der Waals surface area (Å²) >= 11 is 0. The SMILES string of the molecule is Oc1nc(-c2ccncc2)nc2cnc(C(F)(F)F)cc12. The Hall–Kier alpha value is -2.77. The van der Waals surface area contributed by atoms with Crippen molar-refractivity contribution in [3.63, 3.8) is 0 Å². The van der Waals surface area contributed by atoms with Crippen LogP contribution in [-0.4, -0.2) is 25.0 Å². The van der Waals surface area contributed by atoms with Crippen LogP contribution in [-0.2, 0) is 6.18 Å². The molecule has 1 N–H and O–H groups in total. The van der Waals surface area contributed by atoms with Gasteiger partial charge in [0.2, 0.25) is 5.88 Å². The summed E-state index contributed by atoms with van der Waals surface area (Å²) in [5.41, 5.74) is -0.394. The van der Waals surface area contributed by atoms with Crippen molar-refractivity contribution >= 4 is 10.9 Å². The Balaban J connectivity index is 2.18. The number of halogens is 3. The van der Waals surface area contributed by atoms with Crippen LogP contribution < -0.4 is 0 Å². The molecule has 0 unspecified atom stereocenters. The summed E-state index contributed by atoms with van der Waals surface area (Å²) in [6, 6.07) is 3.97. The molecule has 0 amide bonds. The number of nitrogens with zero attached hydrogens (tertiary/aromatic N) is 4. The van der Waals surface area contributed by atoms with Gasteiger partial charge in [0.25, 0.3) is 0 Å². The van der Waals surface area contributed by atoms with Gasteiger partial charge in [-0.15, -0.1) is 0 Å². The number of rotatable bonds is 1. The van der Waals surface area contributed by atoms with E-state index < -0.39 is 17.8 Å². The lowest BCUT2D eigenvalue weighted by Gasteiger charge is -2.08. The molecule has 0 aliphatic heterocycles. The first-order chi connectivity index (χ1) is 9.95. The van der Waals surface area contributed by atoms with Crippen LogP contribution in [0, 0.1) is 0 Å². The Labute approximate surface area is 116 Å². The summed E-state index contributed by atoms with van der Waals surface area (Å²) in [6.45, 7) is 0. The van der Waals surface area contributed by atoms with Gasteiger partial charge in [0.15, 0.2) is 5.82 Å². The Bertz CT molecular complexity index is 806. The molecule has 5 nitrogen and oxygen atoms in total. The second-order valence-corrected chi connectivity index (χ2v) is 4.19. The van der Waals surface area contributed by atoms with Gasteiger partial charge in [0, 0.05) is 18.0 Å². The second kappa shape index (κ2) is 4.65. The van der Waals surface area contributed by atoms with Crippen molar-refractivity contribution in [2.75, 3.05) is 0 Å². The topological polar surface area (TPSA) is 71.8 Å². The predicted octanol–water partition coefficient (Wildman–Crippen LogP) is 2.81. The molecule has 0 spiro atoms. The van der Waals surface area contributed by atoms with Crippen LogP contribution in [0.1, 0.15) is 5.69 Å². The molecule has 8 heteroatoms. The summed E-state index contributed by atoms with van der Waals surface area (Å²) in [7, 11) is 0. The molecule has 0 radical (unpaired) electrons. The van der Waals surface area contributed by atoms with Crippen molar-refractivity contribution in [3.8, 4) is 17.3 Å². The highest BCUT2D eigenvalue weighted by molar-refractivity contribution is 5.84. The van der Waals surface area contributed by atoms with Gasteiger partial charge in [-0.2, -0.15) is 18.2 Å². The van der Waals surface area contributed by atoms with Crippen molar-refractivity contribution in [1.29, 1.82) is 0 Å². The highest BCUT2D eigenvalue weighted by Crippen LogP contribution is 2.32. The minimum Gasteiger partial charge on any atom is -0.493 e. The number of hydrogen-bond donors (Lipinski definition) is 1. The Morgan fingerprint density at radius 3 is 2.43 bits per heavy atom. The monoisotopic (exact) mass is 292 g/mol. The zero-order valence-electron chi connectivity index (χ0n) is 10.3. The van der Waals surface area contributed by atoms with E-state index >= 15 is 0 Å². The van der Waals surface area contributed by atoms with E-state index in [0.29, 0.717) is 5.56 Å². The van der Waals surface area contributed by atoms with E-state index in [1.807, 2.05) is 0 Å². The van der Waals surface area contributed by atoms with Crippen molar-refractivity contribution in [1.82, 2.24) is 19.9 Å². The minimum absolute atomic E-state index is 0.102. The molecule has 0 saturated heterocycles. The number of aromatic hydroxyl groups is 1. The molecule has 0 fully saturated rings. The highest BCUT2D eigenvalue weighted by atomic mass is 19.4. The molecule has 106 valence electrons. The molecule has 0 bridgehead atoms. The van der Waals surface area contributed by atoms with E-state index in [4.69, 9.17) is 0 Å². The van der Waals surface area contributed by atoms with Gasteiger partial charge in [-0.25, -0.2) is 9.97 Å². The Morgan fingerprint density at radius 2 is 1.76 bits per heavy atom. The lowest BCUT2D eigenvalue weighted by Crippen LogP contribution is -2.07. The van der Waals surface area contributed by atoms with Crippen molar-refractivity contribution in [2.45, 2.75) is 6.18 Å². The lowest BCUT2D eigenvalue weighted by atomic mass is 10.2. The molecule has 3 rings (SSSR count). The van der Waals surface area contributed by atoms with Crippen LogP contribution in [0.4, 0.5) is 13.2 Å². The first kappa shape index (κ1) is 13.2. The summed E-state index contributed by atoms with van der Waals surface area (Å²) in [5, 5.41) is 9.74. The fourth-order valence-electron chi connectivity index (χ4n) is 1.80. The van der Waals surface area contributed by atoms with Gasteiger partial charge in [-0.3, -0.25) is 4.98 Å². The van der Waals surface area contributed by atoms with Crippen LogP contribution >= 0.6 is 0 Å². The van der Waals surface area contributed by atoms with E-state index in [-0.39, 0.29) is 16.7 Å². The van der Waals surface area contributed by atoms with Gasteiger partial charge in [-0.05, 0) is 18.2 Å². The van der Waals surface area contributed by atoms with E-state index in [9.17, 15) is 18.3 Å². The maximum atomic E-state index is 12.6. The quantitative estimate of drug-likeness (QED) is 0.746. The molecule has 3 heterocycles. The van der Waals surface area contributed by atoms with Gasteiger partial charge < -0.3 is 5.11 Å². The normalized spacial score (nSPS) is 11.8. The van der Waals surface area contributed by atoms with E-state index in [1.54, 1.807) is 12.1 Å². The average molecular weight is 292 g/mol. The molecule has 0 saturated carbocycles. The van der Waals surface area contributed by atoms with E-state index in [0.717, 1.165) is 12.3 Å². The van der Waals surface area contributed by atoms with Crippen molar-refractivity contribution in [2.24, 2.45) is 0 Å². The molecule has 0 aromatic carbocycles. The van der Waals surface area contributed by atoms with Gasteiger partial charge in [0.05, 0.1) is 17.1 Å². The molecule has 0 atom stereocenters. The van der Waals surface area contributed by atoms with Crippen LogP contribution in [0.25, 0.3) is 22.3 Å². The molecular weight excluding hydrogens is 285 g/mol. The van der Waals surface area contributed by atoms with Crippen LogP contribution in [0.2, 0.25) is 0 Å². The van der Waals surface area contributed by atoms with Gasteiger partial charge in [-0.1, -0.05) is 0 Å². The molecule has 3 aromatic rings. The minimum atomic E-state index is -4.59. The first-order valence-electron chi connectivity index (χ1n) is 5.79. The fourth-order valence-corrected chi connectivity index (χ4v) is 1.80. The lowest BCUT2D eigenvalue weighted by molar-refractivity contribution is -0.141. The van der Waals surface area contributed by atoms with Crippen molar-refractivity contribution in [3.05, 3.63) is 42.5 Å². The number of hydrogen-bond acceptors (Lipinski definition) is 5. The summed E-state index contributed by atoms with van der Waals surface area (Å²) in [4.78, 5) is 15.1. The third-order valence-electron chi connectivity index (χ3n) is 2.79. The largest absolute Gasteiger partial charge is 0.493 e. The number of pyridine rings is 2. The third-order valence-corrected chi connectivity index (χ3v) is 2.79.